The van der Waals surface area contributed by atoms with Crippen molar-refractivity contribution >= 4 is 30.3 Å². The van der Waals surface area contributed by atoms with Gasteiger partial charge in [-0.25, -0.2) is 9.78 Å². The molecular weight excluding hydrogens is 658 g/mol. The minimum absolute atomic E-state index is 0.00939. The largest absolute Gasteiger partial charge is 0.471 e. The highest BCUT2D eigenvalue weighted by atomic mass is 79.9. The Morgan fingerprint density at radius 3 is 2.35 bits per heavy atom. The molecule has 0 bridgehead atoms. The van der Waals surface area contributed by atoms with E-state index in [1.165, 1.54) is 12.0 Å². The molecule has 0 radical (unpaired) electrons. The van der Waals surface area contributed by atoms with Gasteiger partial charge in [0, 0.05) is 35.2 Å². The fourth-order valence-corrected chi connectivity index (χ4v) is 7.88. The molecule has 1 amide bonds. The maximum absolute atomic E-state index is 13.3. The van der Waals surface area contributed by atoms with Crippen molar-refractivity contribution in [2.24, 2.45) is 5.41 Å². The zero-order valence-corrected chi connectivity index (χ0v) is 32.7. The molecule has 1 aromatic carbocycles. The molecule has 1 aromatic heterocycles. The second-order valence-electron chi connectivity index (χ2n) is 17.3. The summed E-state index contributed by atoms with van der Waals surface area (Å²) in [5.74, 6) is 0.750. The number of rotatable bonds is 10. The summed E-state index contributed by atoms with van der Waals surface area (Å²) >= 11 is 3.63. The minimum Gasteiger partial charge on any atom is -0.471 e. The van der Waals surface area contributed by atoms with Crippen molar-refractivity contribution in [2.45, 2.75) is 148 Å². The molecule has 1 aliphatic carbocycles. The van der Waals surface area contributed by atoms with Gasteiger partial charge in [0.1, 0.15) is 11.2 Å². The number of hydrogen-bond donors (Lipinski definition) is 2. The molecule has 3 atom stereocenters. The van der Waals surface area contributed by atoms with E-state index in [2.05, 4.69) is 99.4 Å². The van der Waals surface area contributed by atoms with Crippen LogP contribution in [0.5, 0.6) is 5.88 Å². The maximum Gasteiger partial charge on any atom is 0.407 e. The Bertz CT molecular complexity index is 1360. The third-order valence-electron chi connectivity index (χ3n) is 9.51. The van der Waals surface area contributed by atoms with Crippen LogP contribution in [0.1, 0.15) is 111 Å². The first-order valence-corrected chi connectivity index (χ1v) is 20.7. The third-order valence-corrected chi connectivity index (χ3v) is 14.5. The van der Waals surface area contributed by atoms with Crippen LogP contribution in [0.4, 0.5) is 4.79 Å². The van der Waals surface area contributed by atoms with Crippen LogP contribution >= 0.6 is 15.9 Å². The lowest BCUT2D eigenvalue weighted by atomic mass is 9.73. The zero-order valence-electron chi connectivity index (χ0n) is 30.1. The summed E-state index contributed by atoms with van der Waals surface area (Å²) in [6.07, 6.45) is 6.96. The van der Waals surface area contributed by atoms with Crippen molar-refractivity contribution < 1.29 is 18.7 Å². The molecule has 0 saturated heterocycles. The first-order valence-electron chi connectivity index (χ1n) is 17.0. The van der Waals surface area contributed by atoms with E-state index in [4.69, 9.17) is 18.9 Å². The molecular formula is C37H58BrN3O4Si. The zero-order chi connectivity index (χ0) is 34.1. The summed E-state index contributed by atoms with van der Waals surface area (Å²) in [7, 11) is -2.25. The summed E-state index contributed by atoms with van der Waals surface area (Å²) < 4.78 is 20.6. The molecule has 2 N–H and O–H groups in total. The van der Waals surface area contributed by atoms with E-state index in [0.29, 0.717) is 13.0 Å². The van der Waals surface area contributed by atoms with Crippen LogP contribution in [0.2, 0.25) is 18.1 Å². The number of pyridine rings is 1. The fourth-order valence-electron chi connectivity index (χ4n) is 6.08. The van der Waals surface area contributed by atoms with Gasteiger partial charge < -0.3 is 24.5 Å². The van der Waals surface area contributed by atoms with Crippen LogP contribution in [-0.4, -0.2) is 49.3 Å². The van der Waals surface area contributed by atoms with Crippen LogP contribution in [0, 0.1) is 5.41 Å². The average Bonchev–Trinajstić information content (AvgIpc) is 2.87. The van der Waals surface area contributed by atoms with Gasteiger partial charge in [-0.1, -0.05) is 69.6 Å². The third kappa shape index (κ3) is 10.0. The number of alkyl carbamates (subject to hydrolysis) is 1. The predicted molar refractivity (Wildman–Crippen MR) is 193 cm³/mol. The molecule has 1 saturated carbocycles. The Kier molecular flexibility index (Phi) is 11.1. The summed E-state index contributed by atoms with van der Waals surface area (Å²) in [6.45, 7) is 24.3. The number of benzene rings is 1. The summed E-state index contributed by atoms with van der Waals surface area (Å²) in [4.78, 5) is 18.2. The number of nitrogens with zero attached hydrogens (tertiary/aromatic N) is 1. The van der Waals surface area contributed by atoms with Gasteiger partial charge in [-0.3, -0.25) is 0 Å². The normalized spacial score (nSPS) is 19.4. The SMILES string of the molecule is CC(C)(C)Cc1cnc2c(c1)[C@@H](NC[C@@H](O[Si](C)(C)C(C)(C)C)[C@H](Cc1cccc(Br)c1)NC(=O)OC(C)(C)C)CC1(CCC1)O2. The Labute approximate surface area is 287 Å². The van der Waals surface area contributed by atoms with Gasteiger partial charge in [0.05, 0.1) is 12.1 Å². The van der Waals surface area contributed by atoms with Crippen molar-refractivity contribution in [1.82, 2.24) is 15.6 Å². The molecule has 2 aliphatic rings. The van der Waals surface area contributed by atoms with Crippen LogP contribution in [0.3, 0.4) is 0 Å². The number of carbonyl (C=O) groups is 1. The van der Waals surface area contributed by atoms with Crippen LogP contribution in [-0.2, 0) is 22.0 Å². The van der Waals surface area contributed by atoms with Gasteiger partial charge in [0.25, 0.3) is 0 Å². The molecule has 1 fully saturated rings. The van der Waals surface area contributed by atoms with E-state index in [0.717, 1.165) is 47.2 Å². The second-order valence-corrected chi connectivity index (χ2v) is 23.0. The monoisotopic (exact) mass is 715 g/mol. The molecule has 1 aliphatic heterocycles. The average molecular weight is 717 g/mol. The highest BCUT2D eigenvalue weighted by molar-refractivity contribution is 9.10. The molecule has 2 aromatic rings. The fraction of sp³-hybridized carbons (Fsp3) is 0.676. The highest BCUT2D eigenvalue weighted by Crippen LogP contribution is 2.48. The number of hydrogen-bond acceptors (Lipinski definition) is 6. The molecule has 7 nitrogen and oxygen atoms in total. The van der Waals surface area contributed by atoms with Crippen LogP contribution < -0.4 is 15.4 Å². The number of fused-ring (bicyclic) bond motifs is 1. The number of halogens is 1. The lowest BCUT2D eigenvalue weighted by molar-refractivity contribution is -0.0419. The molecule has 4 rings (SSSR count). The van der Waals surface area contributed by atoms with Crippen molar-refractivity contribution in [3.8, 4) is 5.88 Å². The van der Waals surface area contributed by atoms with E-state index in [1.54, 1.807) is 0 Å². The molecule has 256 valence electrons. The Hall–Kier alpha value is -1.94. The van der Waals surface area contributed by atoms with Gasteiger partial charge >= 0.3 is 6.09 Å². The molecule has 2 heterocycles. The predicted octanol–water partition coefficient (Wildman–Crippen LogP) is 9.30. The van der Waals surface area contributed by atoms with Crippen molar-refractivity contribution in [3.63, 3.8) is 0 Å². The van der Waals surface area contributed by atoms with E-state index in [9.17, 15) is 4.79 Å². The molecule has 0 unspecified atom stereocenters. The van der Waals surface area contributed by atoms with Crippen molar-refractivity contribution in [3.05, 3.63) is 57.7 Å². The molecule has 1 spiro atoms. The van der Waals surface area contributed by atoms with Gasteiger partial charge in [-0.15, -0.1) is 0 Å². The van der Waals surface area contributed by atoms with E-state index >= 15 is 0 Å². The minimum atomic E-state index is -2.25. The quantitative estimate of drug-likeness (QED) is 0.239. The van der Waals surface area contributed by atoms with E-state index in [1.807, 2.05) is 39.1 Å². The highest BCUT2D eigenvalue weighted by Gasteiger charge is 2.47. The Morgan fingerprint density at radius 1 is 1.09 bits per heavy atom. The van der Waals surface area contributed by atoms with Crippen LogP contribution in [0.15, 0.2) is 41.0 Å². The lowest BCUT2D eigenvalue weighted by Gasteiger charge is -2.48. The first-order chi connectivity index (χ1) is 21.1. The Morgan fingerprint density at radius 2 is 1.78 bits per heavy atom. The number of aromatic nitrogens is 1. The summed E-state index contributed by atoms with van der Waals surface area (Å²) in [5, 5.41) is 7.17. The summed E-state index contributed by atoms with van der Waals surface area (Å²) in [6, 6.07) is 10.3. The Balaban J connectivity index is 1.69. The van der Waals surface area contributed by atoms with Gasteiger partial charge in [-0.2, -0.15) is 0 Å². The van der Waals surface area contributed by atoms with Crippen molar-refractivity contribution in [2.75, 3.05) is 6.54 Å². The molecule has 9 heteroatoms. The van der Waals surface area contributed by atoms with Crippen molar-refractivity contribution in [1.29, 1.82) is 0 Å². The van der Waals surface area contributed by atoms with E-state index in [-0.39, 0.29) is 34.2 Å². The van der Waals surface area contributed by atoms with E-state index < -0.39 is 20.0 Å². The smallest absolute Gasteiger partial charge is 0.407 e. The number of nitrogens with one attached hydrogen (secondary N) is 2. The first kappa shape index (κ1) is 36.9. The standard InChI is InChI=1S/C37H58BrN3O4Si/c1-34(2,3)21-26-19-28-30(22-37(16-13-17-37)43-32(28)40-23-26)39-24-31(45-46(10,11)36(7,8)9)29(41-33(42)44-35(4,5)6)20-25-14-12-15-27(38)18-25/h12,14-15,18-19,23,29-31,39H,13,16-17,20-22,24H2,1-11H3,(H,41,42)/t29-,30-,31+/m0/s1. The molecule has 46 heavy (non-hydrogen) atoms. The number of amides is 1. The number of ether oxygens (including phenoxy) is 2. The summed E-state index contributed by atoms with van der Waals surface area (Å²) in [5.41, 5.74) is 2.83. The second kappa shape index (κ2) is 13.9. The van der Waals surface area contributed by atoms with Gasteiger partial charge in [0.15, 0.2) is 8.32 Å². The lowest BCUT2D eigenvalue weighted by Crippen LogP contribution is -2.57. The van der Waals surface area contributed by atoms with Gasteiger partial charge in [-0.05, 0) is 106 Å². The van der Waals surface area contributed by atoms with Gasteiger partial charge in [0.2, 0.25) is 5.88 Å². The number of carbonyl (C=O) groups excluding carboxylic acids is 1. The maximum atomic E-state index is 13.3. The topological polar surface area (TPSA) is 81.7 Å². The van der Waals surface area contributed by atoms with Crippen LogP contribution in [0.25, 0.3) is 0 Å².